The third-order valence-electron chi connectivity index (χ3n) is 4.49. The average molecular weight is 270 g/mol. The van der Waals surface area contributed by atoms with Gasteiger partial charge < -0.3 is 0 Å². The standard InChI is InChI=1S/C17H16ClN/c18-15-7-3-6-12-8-9-19-11-14-5-2-1-4-13(14)10-16(19)17(12)15/h1-7,16H,8-11H2/t16-/m1/s1. The van der Waals surface area contributed by atoms with Crippen LogP contribution in [-0.4, -0.2) is 11.4 Å². The first-order valence-electron chi connectivity index (χ1n) is 6.91. The van der Waals surface area contributed by atoms with Gasteiger partial charge in [-0.05, 0) is 41.2 Å². The van der Waals surface area contributed by atoms with E-state index >= 15 is 0 Å². The van der Waals surface area contributed by atoms with E-state index < -0.39 is 0 Å². The molecule has 2 heteroatoms. The molecule has 2 heterocycles. The quantitative estimate of drug-likeness (QED) is 0.699. The van der Waals surface area contributed by atoms with Crippen molar-refractivity contribution in [2.75, 3.05) is 6.54 Å². The topological polar surface area (TPSA) is 3.24 Å². The summed E-state index contributed by atoms with van der Waals surface area (Å²) in [4.78, 5) is 2.58. The molecular weight excluding hydrogens is 254 g/mol. The van der Waals surface area contributed by atoms with Crippen LogP contribution in [0.1, 0.15) is 28.3 Å². The van der Waals surface area contributed by atoms with Crippen LogP contribution in [0.3, 0.4) is 0 Å². The van der Waals surface area contributed by atoms with Gasteiger partial charge in [-0.3, -0.25) is 4.90 Å². The van der Waals surface area contributed by atoms with E-state index in [9.17, 15) is 0 Å². The van der Waals surface area contributed by atoms with Crippen molar-refractivity contribution in [2.45, 2.75) is 25.4 Å². The first kappa shape index (κ1) is 11.5. The number of fused-ring (bicyclic) bond motifs is 4. The highest BCUT2D eigenvalue weighted by molar-refractivity contribution is 6.31. The summed E-state index contributed by atoms with van der Waals surface area (Å²) in [7, 11) is 0. The van der Waals surface area contributed by atoms with Crippen LogP contribution in [0.5, 0.6) is 0 Å². The summed E-state index contributed by atoms with van der Waals surface area (Å²) in [6, 6.07) is 15.6. The number of benzene rings is 2. The molecule has 0 saturated heterocycles. The molecule has 96 valence electrons. The fourth-order valence-electron chi connectivity index (χ4n) is 3.53. The van der Waals surface area contributed by atoms with Gasteiger partial charge in [0.05, 0.1) is 0 Å². The molecule has 0 amide bonds. The van der Waals surface area contributed by atoms with Gasteiger partial charge in [0.15, 0.2) is 0 Å². The second-order valence-corrected chi connectivity index (χ2v) is 5.93. The molecule has 4 rings (SSSR count). The molecule has 0 radical (unpaired) electrons. The number of nitrogens with zero attached hydrogens (tertiary/aromatic N) is 1. The lowest BCUT2D eigenvalue weighted by Crippen LogP contribution is -2.39. The van der Waals surface area contributed by atoms with Gasteiger partial charge in [-0.2, -0.15) is 0 Å². The Hall–Kier alpha value is -1.31. The van der Waals surface area contributed by atoms with Crippen LogP contribution in [0.25, 0.3) is 0 Å². The zero-order valence-corrected chi connectivity index (χ0v) is 11.5. The van der Waals surface area contributed by atoms with Gasteiger partial charge in [0.2, 0.25) is 0 Å². The molecule has 0 aromatic heterocycles. The summed E-state index contributed by atoms with van der Waals surface area (Å²) < 4.78 is 0. The first-order chi connectivity index (χ1) is 9.33. The molecule has 0 saturated carbocycles. The van der Waals surface area contributed by atoms with E-state index in [1.165, 1.54) is 22.3 Å². The zero-order chi connectivity index (χ0) is 12.8. The normalized spacial score (nSPS) is 21.4. The lowest BCUT2D eigenvalue weighted by Gasteiger charge is -2.41. The van der Waals surface area contributed by atoms with Crippen LogP contribution >= 0.6 is 11.6 Å². The van der Waals surface area contributed by atoms with Gasteiger partial charge in [-0.1, -0.05) is 48.0 Å². The number of rotatable bonds is 0. The Kier molecular flexibility index (Phi) is 2.64. The lowest BCUT2D eigenvalue weighted by molar-refractivity contribution is 0.161. The Labute approximate surface area is 118 Å². The third-order valence-corrected chi connectivity index (χ3v) is 4.82. The van der Waals surface area contributed by atoms with E-state index in [0.29, 0.717) is 6.04 Å². The van der Waals surface area contributed by atoms with Crippen LogP contribution in [0, 0.1) is 0 Å². The molecule has 0 bridgehead atoms. The minimum atomic E-state index is 0.465. The van der Waals surface area contributed by atoms with Crippen molar-refractivity contribution in [3.05, 3.63) is 69.7 Å². The molecule has 2 aromatic rings. The SMILES string of the molecule is Clc1cccc2c1[C@H]1Cc3ccccc3CN1CC2. The minimum absolute atomic E-state index is 0.465. The monoisotopic (exact) mass is 269 g/mol. The van der Waals surface area contributed by atoms with E-state index in [1.807, 2.05) is 6.07 Å². The van der Waals surface area contributed by atoms with Gasteiger partial charge in [0.1, 0.15) is 0 Å². The molecule has 1 atom stereocenters. The lowest BCUT2D eigenvalue weighted by atomic mass is 9.84. The van der Waals surface area contributed by atoms with Gasteiger partial charge in [0.25, 0.3) is 0 Å². The molecule has 2 aliphatic heterocycles. The first-order valence-corrected chi connectivity index (χ1v) is 7.29. The number of hydrogen-bond acceptors (Lipinski definition) is 1. The Morgan fingerprint density at radius 3 is 2.63 bits per heavy atom. The van der Waals surface area contributed by atoms with Crippen molar-refractivity contribution in [3.8, 4) is 0 Å². The predicted molar refractivity (Wildman–Crippen MR) is 78.5 cm³/mol. The van der Waals surface area contributed by atoms with E-state index in [0.717, 1.165) is 31.0 Å². The van der Waals surface area contributed by atoms with Gasteiger partial charge in [0, 0.05) is 24.2 Å². The van der Waals surface area contributed by atoms with E-state index in [-0.39, 0.29) is 0 Å². The van der Waals surface area contributed by atoms with Crippen LogP contribution in [0.2, 0.25) is 5.02 Å². The van der Waals surface area contributed by atoms with E-state index in [1.54, 1.807) is 0 Å². The summed E-state index contributed by atoms with van der Waals surface area (Å²) in [5.41, 5.74) is 5.77. The fourth-order valence-corrected chi connectivity index (χ4v) is 3.85. The summed E-state index contributed by atoms with van der Waals surface area (Å²) >= 11 is 6.46. The highest BCUT2D eigenvalue weighted by atomic mass is 35.5. The number of hydrogen-bond donors (Lipinski definition) is 0. The molecular formula is C17H16ClN. The van der Waals surface area contributed by atoms with Crippen LogP contribution in [0.15, 0.2) is 42.5 Å². The van der Waals surface area contributed by atoms with Gasteiger partial charge in [-0.25, -0.2) is 0 Å². The van der Waals surface area contributed by atoms with Crippen molar-refractivity contribution < 1.29 is 0 Å². The van der Waals surface area contributed by atoms with Crippen LogP contribution < -0.4 is 0 Å². The molecule has 0 spiro atoms. The summed E-state index contributed by atoms with van der Waals surface area (Å²) in [5, 5.41) is 0.937. The second kappa shape index (κ2) is 4.36. The van der Waals surface area contributed by atoms with E-state index in [2.05, 4.69) is 41.3 Å². The van der Waals surface area contributed by atoms with Crippen LogP contribution in [0.4, 0.5) is 0 Å². The van der Waals surface area contributed by atoms with Crippen LogP contribution in [-0.2, 0) is 19.4 Å². The zero-order valence-electron chi connectivity index (χ0n) is 10.8. The molecule has 19 heavy (non-hydrogen) atoms. The molecule has 1 nitrogen and oxygen atoms in total. The fraction of sp³-hybridized carbons (Fsp3) is 0.294. The Morgan fingerprint density at radius 2 is 1.74 bits per heavy atom. The molecule has 0 N–H and O–H groups in total. The van der Waals surface area contributed by atoms with Crippen molar-refractivity contribution in [3.63, 3.8) is 0 Å². The average Bonchev–Trinajstić information content (AvgIpc) is 2.45. The highest BCUT2D eigenvalue weighted by Crippen LogP contribution is 2.40. The molecule has 0 unspecified atom stereocenters. The maximum atomic E-state index is 6.46. The maximum absolute atomic E-state index is 6.46. The second-order valence-electron chi connectivity index (χ2n) is 5.52. The Balaban J connectivity index is 1.82. The van der Waals surface area contributed by atoms with Gasteiger partial charge in [-0.15, -0.1) is 0 Å². The summed E-state index contributed by atoms with van der Waals surface area (Å²) in [5.74, 6) is 0. The summed E-state index contributed by atoms with van der Waals surface area (Å²) in [6.45, 7) is 2.21. The number of halogens is 1. The van der Waals surface area contributed by atoms with Crippen molar-refractivity contribution in [1.29, 1.82) is 0 Å². The van der Waals surface area contributed by atoms with Gasteiger partial charge >= 0.3 is 0 Å². The van der Waals surface area contributed by atoms with Crippen molar-refractivity contribution >= 4 is 11.6 Å². The smallest absolute Gasteiger partial charge is 0.0456 e. The van der Waals surface area contributed by atoms with Crippen molar-refractivity contribution in [1.82, 2.24) is 4.90 Å². The molecule has 0 fully saturated rings. The predicted octanol–water partition coefficient (Wildman–Crippen LogP) is 4.00. The van der Waals surface area contributed by atoms with E-state index in [4.69, 9.17) is 11.6 Å². The minimum Gasteiger partial charge on any atom is -0.291 e. The summed E-state index contributed by atoms with van der Waals surface area (Å²) in [6.07, 6.45) is 2.21. The maximum Gasteiger partial charge on any atom is 0.0456 e. The highest BCUT2D eigenvalue weighted by Gasteiger charge is 2.32. The molecule has 2 aliphatic rings. The Bertz CT molecular complexity index is 635. The largest absolute Gasteiger partial charge is 0.291 e. The van der Waals surface area contributed by atoms with Crippen molar-refractivity contribution in [2.24, 2.45) is 0 Å². The Morgan fingerprint density at radius 1 is 0.947 bits per heavy atom. The third kappa shape index (κ3) is 1.80. The molecule has 0 aliphatic carbocycles. The molecule has 2 aromatic carbocycles.